The molecule has 0 bridgehead atoms. The number of hydrogen-bond donors (Lipinski definition) is 0. The summed E-state index contributed by atoms with van der Waals surface area (Å²) in [6, 6.07) is 71.9. The molecule has 0 aliphatic rings. The van der Waals surface area contributed by atoms with Crippen molar-refractivity contribution in [1.82, 2.24) is 0 Å². The Labute approximate surface area is 348 Å². The number of rotatable bonds is 5. The van der Waals surface area contributed by atoms with Crippen molar-refractivity contribution in [2.75, 3.05) is 4.90 Å². The summed E-state index contributed by atoms with van der Waals surface area (Å²) in [6.45, 7) is 0. The fraction of sp³-hybridized carbons (Fsp3) is 0. The second-order valence-electron chi connectivity index (χ2n) is 15.6. The van der Waals surface area contributed by atoms with Crippen LogP contribution >= 0.6 is 11.3 Å². The van der Waals surface area contributed by atoms with Crippen molar-refractivity contribution in [3.63, 3.8) is 0 Å². The zero-order valence-corrected chi connectivity index (χ0v) is 33.0. The lowest BCUT2D eigenvalue weighted by Crippen LogP contribution is -2.09. The van der Waals surface area contributed by atoms with Gasteiger partial charge in [-0.3, -0.25) is 0 Å². The zero-order valence-electron chi connectivity index (χ0n) is 32.2. The fourth-order valence-electron chi connectivity index (χ4n) is 9.50. The molecule has 0 N–H and O–H groups in total. The van der Waals surface area contributed by atoms with Crippen molar-refractivity contribution in [1.29, 1.82) is 0 Å². The fourth-order valence-corrected chi connectivity index (χ4v) is 10.6. The number of nitrogens with zero attached hydrogens (tertiary/aromatic N) is 1. The molecule has 0 aliphatic carbocycles. The molecule has 0 spiro atoms. The normalized spacial score (nSPS) is 12.0. The van der Waals surface area contributed by atoms with Crippen molar-refractivity contribution in [3.8, 4) is 22.3 Å². The SMILES string of the molecule is c1ccc2c(-c3ccc(N(c4ccc(-c5cccc6sc7ccc8c9ccccc9oc8c7c56)cc4)c4ccc5c(c4)oc4ccc6ccccc6c45)cc3)cccc2c1. The van der Waals surface area contributed by atoms with Gasteiger partial charge < -0.3 is 13.7 Å². The molecule has 3 heterocycles. The third-order valence-corrected chi connectivity index (χ3v) is 13.4. The number of benzene rings is 10. The third kappa shape index (κ3) is 5.01. The predicted octanol–water partition coefficient (Wildman–Crippen LogP) is 17.0. The Kier molecular flexibility index (Phi) is 7.18. The number of fused-ring (bicyclic) bond motifs is 13. The van der Waals surface area contributed by atoms with E-state index in [9.17, 15) is 0 Å². The van der Waals surface area contributed by atoms with Gasteiger partial charge in [0, 0.05) is 64.8 Å². The molecule has 0 saturated heterocycles. The van der Waals surface area contributed by atoms with Crippen LogP contribution in [0.15, 0.2) is 209 Å². The molecule has 4 heteroatoms. The van der Waals surface area contributed by atoms with Crippen molar-refractivity contribution < 1.29 is 8.83 Å². The Morgan fingerprint density at radius 3 is 1.77 bits per heavy atom. The molecule has 3 aromatic heterocycles. The van der Waals surface area contributed by atoms with Gasteiger partial charge in [-0.1, -0.05) is 127 Å². The first-order valence-corrected chi connectivity index (χ1v) is 21.1. The first-order valence-electron chi connectivity index (χ1n) is 20.3. The summed E-state index contributed by atoms with van der Waals surface area (Å²) in [6.07, 6.45) is 0. The van der Waals surface area contributed by atoms with Crippen LogP contribution in [-0.2, 0) is 0 Å². The molecule has 0 fully saturated rings. The highest BCUT2D eigenvalue weighted by Crippen LogP contribution is 2.46. The van der Waals surface area contributed by atoms with E-state index in [2.05, 4.69) is 199 Å². The number of furan rings is 2. The van der Waals surface area contributed by atoms with Gasteiger partial charge in [0.05, 0.1) is 0 Å². The van der Waals surface area contributed by atoms with Gasteiger partial charge in [-0.05, 0) is 111 Å². The van der Waals surface area contributed by atoms with Crippen LogP contribution in [0.1, 0.15) is 0 Å². The van der Waals surface area contributed by atoms with Crippen molar-refractivity contribution >= 4 is 114 Å². The Hall–Kier alpha value is -7.66. The molecule has 10 aromatic carbocycles. The second kappa shape index (κ2) is 12.9. The molecular formula is C56H33NO2S. The van der Waals surface area contributed by atoms with Crippen molar-refractivity contribution in [2.24, 2.45) is 0 Å². The van der Waals surface area contributed by atoms with Gasteiger partial charge in [-0.15, -0.1) is 11.3 Å². The monoisotopic (exact) mass is 783 g/mol. The van der Waals surface area contributed by atoms with Gasteiger partial charge in [-0.2, -0.15) is 0 Å². The van der Waals surface area contributed by atoms with Crippen LogP contribution in [0.5, 0.6) is 0 Å². The smallest absolute Gasteiger partial charge is 0.144 e. The molecule has 0 aliphatic heterocycles. The molecule has 0 radical (unpaired) electrons. The third-order valence-electron chi connectivity index (χ3n) is 12.3. The topological polar surface area (TPSA) is 29.5 Å². The average molecular weight is 784 g/mol. The molecular weight excluding hydrogens is 751 g/mol. The summed E-state index contributed by atoms with van der Waals surface area (Å²) in [5.74, 6) is 0. The second-order valence-corrected chi connectivity index (χ2v) is 16.7. The van der Waals surface area contributed by atoms with Gasteiger partial charge in [-0.25, -0.2) is 0 Å². The first-order chi connectivity index (χ1) is 29.7. The molecule has 3 nitrogen and oxygen atoms in total. The van der Waals surface area contributed by atoms with Crippen LogP contribution < -0.4 is 4.90 Å². The molecule has 60 heavy (non-hydrogen) atoms. The van der Waals surface area contributed by atoms with E-state index in [1.54, 1.807) is 0 Å². The predicted molar refractivity (Wildman–Crippen MR) is 254 cm³/mol. The molecule has 0 atom stereocenters. The number of hydrogen-bond acceptors (Lipinski definition) is 4. The quantitative estimate of drug-likeness (QED) is 0.174. The van der Waals surface area contributed by atoms with Crippen LogP contribution in [0.4, 0.5) is 17.1 Å². The molecule has 0 saturated carbocycles. The molecule has 280 valence electrons. The number of thiophene rings is 1. The van der Waals surface area contributed by atoms with Crippen LogP contribution in [0.3, 0.4) is 0 Å². The highest BCUT2D eigenvalue weighted by molar-refractivity contribution is 7.26. The molecule has 13 aromatic rings. The molecule has 13 rings (SSSR count). The number of anilines is 3. The van der Waals surface area contributed by atoms with Gasteiger partial charge in [0.1, 0.15) is 22.3 Å². The Morgan fingerprint density at radius 2 is 0.950 bits per heavy atom. The van der Waals surface area contributed by atoms with Gasteiger partial charge in [0.2, 0.25) is 0 Å². The van der Waals surface area contributed by atoms with E-state index >= 15 is 0 Å². The minimum atomic E-state index is 0.862. The largest absolute Gasteiger partial charge is 0.456 e. The minimum absolute atomic E-state index is 0.862. The highest BCUT2D eigenvalue weighted by Gasteiger charge is 2.20. The first kappa shape index (κ1) is 33.3. The van der Waals surface area contributed by atoms with Gasteiger partial charge in [0.25, 0.3) is 0 Å². The summed E-state index contributed by atoms with van der Waals surface area (Å²) in [5.41, 5.74) is 11.5. The molecule has 0 unspecified atom stereocenters. The van der Waals surface area contributed by atoms with Crippen molar-refractivity contribution in [2.45, 2.75) is 0 Å². The van der Waals surface area contributed by atoms with Crippen LogP contribution in [0.2, 0.25) is 0 Å². The Morgan fingerprint density at radius 1 is 0.333 bits per heavy atom. The van der Waals surface area contributed by atoms with Crippen LogP contribution in [0, 0.1) is 0 Å². The van der Waals surface area contributed by atoms with E-state index in [0.29, 0.717) is 0 Å². The lowest BCUT2D eigenvalue weighted by Gasteiger charge is -2.26. The van der Waals surface area contributed by atoms with Gasteiger partial charge in [0.15, 0.2) is 0 Å². The Balaban J connectivity index is 0.965. The van der Waals surface area contributed by atoms with E-state index in [0.717, 1.165) is 66.5 Å². The van der Waals surface area contributed by atoms with E-state index in [1.165, 1.54) is 58.4 Å². The average Bonchev–Trinajstić information content (AvgIpc) is 4.01. The van der Waals surface area contributed by atoms with E-state index < -0.39 is 0 Å². The zero-order chi connectivity index (χ0) is 39.3. The maximum Gasteiger partial charge on any atom is 0.144 e. The van der Waals surface area contributed by atoms with E-state index in [4.69, 9.17) is 8.83 Å². The molecule has 0 amide bonds. The number of para-hydroxylation sites is 1. The standard InChI is InChI=1S/C56H33NO2S/c1-3-12-41-34(9-1)11-7-15-42(41)36-19-24-38(25-20-36)57(40-28-29-47-50(33-40)58-49-31-23-35-10-2-4-13-43(35)53(47)49)39-26-21-37(22-27-39)44-16-8-18-51-54(44)55-52(60-51)32-30-46-45-14-5-6-17-48(45)59-56(46)55/h1-33H. The maximum absolute atomic E-state index is 6.60. The summed E-state index contributed by atoms with van der Waals surface area (Å²) in [4.78, 5) is 2.33. The van der Waals surface area contributed by atoms with Crippen molar-refractivity contribution in [3.05, 3.63) is 200 Å². The Bertz CT molecular complexity index is 3830. The summed E-state index contributed by atoms with van der Waals surface area (Å²) >= 11 is 1.82. The lowest BCUT2D eigenvalue weighted by molar-refractivity contribution is 0.669. The summed E-state index contributed by atoms with van der Waals surface area (Å²) in [7, 11) is 0. The maximum atomic E-state index is 6.60. The minimum Gasteiger partial charge on any atom is -0.456 e. The summed E-state index contributed by atoms with van der Waals surface area (Å²) < 4.78 is 15.7. The highest BCUT2D eigenvalue weighted by atomic mass is 32.1. The van der Waals surface area contributed by atoms with Gasteiger partial charge >= 0.3 is 0 Å². The lowest BCUT2D eigenvalue weighted by atomic mass is 9.97. The van der Waals surface area contributed by atoms with E-state index in [-0.39, 0.29) is 0 Å². The van der Waals surface area contributed by atoms with Crippen LogP contribution in [0.25, 0.3) is 108 Å². The summed E-state index contributed by atoms with van der Waals surface area (Å²) in [5, 5.41) is 11.9. The van der Waals surface area contributed by atoms with E-state index in [1.807, 2.05) is 17.4 Å². The van der Waals surface area contributed by atoms with Crippen LogP contribution in [-0.4, -0.2) is 0 Å².